The van der Waals surface area contributed by atoms with Crippen molar-refractivity contribution < 1.29 is 19.1 Å². The number of furan rings is 1. The summed E-state index contributed by atoms with van der Waals surface area (Å²) in [5.41, 5.74) is 0.480. The van der Waals surface area contributed by atoms with Crippen LogP contribution in [0, 0.1) is 5.92 Å². The standard InChI is InChI=1S/C16H17N3O4/c20-13-4-1-6-17-14(13)18-15(21)11-3-2-7-19(9-11)16(22)12-5-8-23-10-12/h1,4-6,8,10-11,20H,2-3,7,9H2,(H,17,18,21)/t11-/m1/s1. The summed E-state index contributed by atoms with van der Waals surface area (Å²) in [6.45, 7) is 0.950. The second-order valence-corrected chi connectivity index (χ2v) is 5.46. The minimum absolute atomic E-state index is 0.0806. The van der Waals surface area contributed by atoms with Crippen molar-refractivity contribution in [2.75, 3.05) is 18.4 Å². The summed E-state index contributed by atoms with van der Waals surface area (Å²) in [6.07, 6.45) is 5.78. The third-order valence-electron chi connectivity index (χ3n) is 3.88. The lowest BCUT2D eigenvalue weighted by molar-refractivity contribution is -0.121. The van der Waals surface area contributed by atoms with Gasteiger partial charge in [-0.15, -0.1) is 0 Å². The maximum absolute atomic E-state index is 12.4. The molecule has 7 heteroatoms. The zero-order chi connectivity index (χ0) is 16.2. The van der Waals surface area contributed by atoms with Gasteiger partial charge in [-0.3, -0.25) is 9.59 Å². The maximum atomic E-state index is 12.4. The Labute approximate surface area is 132 Å². The molecule has 23 heavy (non-hydrogen) atoms. The summed E-state index contributed by atoms with van der Waals surface area (Å²) in [6, 6.07) is 4.65. The quantitative estimate of drug-likeness (QED) is 0.901. The summed E-state index contributed by atoms with van der Waals surface area (Å²) in [5, 5.41) is 12.3. The van der Waals surface area contributed by atoms with Gasteiger partial charge in [-0.25, -0.2) is 4.98 Å². The molecular weight excluding hydrogens is 298 g/mol. The van der Waals surface area contributed by atoms with Crippen molar-refractivity contribution in [1.82, 2.24) is 9.88 Å². The predicted octanol–water partition coefficient (Wildman–Crippen LogP) is 1.87. The number of rotatable bonds is 3. The molecule has 2 aromatic rings. The summed E-state index contributed by atoms with van der Waals surface area (Å²) < 4.78 is 4.93. The highest BCUT2D eigenvalue weighted by molar-refractivity contribution is 5.96. The smallest absolute Gasteiger partial charge is 0.257 e. The maximum Gasteiger partial charge on any atom is 0.257 e. The summed E-state index contributed by atoms with van der Waals surface area (Å²) in [7, 11) is 0. The van der Waals surface area contributed by atoms with Crippen LogP contribution in [0.25, 0.3) is 0 Å². The lowest BCUT2D eigenvalue weighted by Crippen LogP contribution is -2.43. The monoisotopic (exact) mass is 315 g/mol. The summed E-state index contributed by atoms with van der Waals surface area (Å²) in [5.74, 6) is -0.666. The molecule has 0 aliphatic carbocycles. The predicted molar refractivity (Wildman–Crippen MR) is 81.9 cm³/mol. The molecule has 0 bridgehead atoms. The van der Waals surface area contributed by atoms with E-state index in [4.69, 9.17) is 4.42 Å². The van der Waals surface area contributed by atoms with Crippen LogP contribution in [-0.2, 0) is 4.79 Å². The molecule has 1 aliphatic rings. The van der Waals surface area contributed by atoms with Crippen molar-refractivity contribution in [3.63, 3.8) is 0 Å². The van der Waals surface area contributed by atoms with E-state index < -0.39 is 0 Å². The Morgan fingerprint density at radius 3 is 3.00 bits per heavy atom. The highest BCUT2D eigenvalue weighted by Crippen LogP contribution is 2.23. The van der Waals surface area contributed by atoms with Crippen LogP contribution in [0.2, 0.25) is 0 Å². The van der Waals surface area contributed by atoms with Crippen LogP contribution >= 0.6 is 0 Å². The van der Waals surface area contributed by atoms with Gasteiger partial charge in [-0.2, -0.15) is 0 Å². The Balaban J connectivity index is 1.65. The molecular formula is C16H17N3O4. The number of aromatic nitrogens is 1. The number of aromatic hydroxyl groups is 1. The first-order valence-corrected chi connectivity index (χ1v) is 7.41. The third kappa shape index (κ3) is 3.33. The van der Waals surface area contributed by atoms with E-state index >= 15 is 0 Å². The number of amides is 2. The first kappa shape index (κ1) is 15.1. The SMILES string of the molecule is O=C(Nc1ncccc1O)[C@@H]1CCCN(C(=O)c2ccoc2)C1. The highest BCUT2D eigenvalue weighted by Gasteiger charge is 2.29. The van der Waals surface area contributed by atoms with E-state index in [2.05, 4.69) is 10.3 Å². The van der Waals surface area contributed by atoms with Gasteiger partial charge in [0, 0.05) is 19.3 Å². The molecule has 1 saturated heterocycles. The van der Waals surface area contributed by atoms with Gasteiger partial charge in [0.1, 0.15) is 6.26 Å². The normalized spacial score (nSPS) is 17.7. The fraction of sp³-hybridized carbons (Fsp3) is 0.312. The van der Waals surface area contributed by atoms with Crippen LogP contribution < -0.4 is 5.32 Å². The van der Waals surface area contributed by atoms with Crippen LogP contribution in [0.5, 0.6) is 5.75 Å². The van der Waals surface area contributed by atoms with Crippen LogP contribution in [0.3, 0.4) is 0 Å². The number of hydrogen-bond acceptors (Lipinski definition) is 5. The Bertz CT molecular complexity index is 699. The molecule has 0 spiro atoms. The van der Waals surface area contributed by atoms with Gasteiger partial charge < -0.3 is 19.7 Å². The lowest BCUT2D eigenvalue weighted by atomic mass is 9.96. The fourth-order valence-corrected chi connectivity index (χ4v) is 2.66. The van der Waals surface area contributed by atoms with Gasteiger partial charge in [-0.1, -0.05) is 0 Å². The molecule has 1 atom stereocenters. The average Bonchev–Trinajstić information content (AvgIpc) is 3.11. The lowest BCUT2D eigenvalue weighted by Gasteiger charge is -2.31. The first-order chi connectivity index (χ1) is 11.1. The number of carbonyl (C=O) groups excluding carboxylic acids is 2. The molecule has 2 N–H and O–H groups in total. The Kier molecular flexibility index (Phi) is 4.27. The third-order valence-corrected chi connectivity index (χ3v) is 3.88. The van der Waals surface area contributed by atoms with E-state index in [1.807, 2.05) is 0 Å². The number of anilines is 1. The van der Waals surface area contributed by atoms with Crippen LogP contribution in [0.4, 0.5) is 5.82 Å². The minimum Gasteiger partial charge on any atom is -0.504 e. The van der Waals surface area contributed by atoms with Gasteiger partial charge >= 0.3 is 0 Å². The Morgan fingerprint density at radius 2 is 2.26 bits per heavy atom. The zero-order valence-electron chi connectivity index (χ0n) is 12.4. The molecule has 3 rings (SSSR count). The van der Waals surface area contributed by atoms with Crippen molar-refractivity contribution >= 4 is 17.6 Å². The van der Waals surface area contributed by atoms with Crippen LogP contribution in [-0.4, -0.2) is 39.9 Å². The molecule has 0 unspecified atom stereocenters. The zero-order valence-corrected chi connectivity index (χ0v) is 12.4. The van der Waals surface area contributed by atoms with E-state index in [1.54, 1.807) is 17.0 Å². The van der Waals surface area contributed by atoms with Crippen molar-refractivity contribution in [3.05, 3.63) is 42.5 Å². The van der Waals surface area contributed by atoms with Gasteiger partial charge in [-0.05, 0) is 31.0 Å². The molecule has 7 nitrogen and oxygen atoms in total. The first-order valence-electron chi connectivity index (χ1n) is 7.41. The summed E-state index contributed by atoms with van der Waals surface area (Å²) in [4.78, 5) is 30.3. The van der Waals surface area contributed by atoms with Crippen molar-refractivity contribution in [1.29, 1.82) is 0 Å². The minimum atomic E-state index is -0.332. The molecule has 0 saturated carbocycles. The molecule has 3 heterocycles. The van der Waals surface area contributed by atoms with Crippen LogP contribution in [0.1, 0.15) is 23.2 Å². The molecule has 120 valence electrons. The van der Waals surface area contributed by atoms with E-state index in [-0.39, 0.29) is 29.3 Å². The van der Waals surface area contributed by atoms with E-state index in [9.17, 15) is 14.7 Å². The molecule has 1 fully saturated rings. The molecule has 0 radical (unpaired) electrons. The van der Waals surface area contributed by atoms with Crippen molar-refractivity contribution in [3.8, 4) is 5.75 Å². The molecule has 2 aromatic heterocycles. The van der Waals surface area contributed by atoms with E-state index in [0.717, 1.165) is 6.42 Å². The topological polar surface area (TPSA) is 95.7 Å². The number of piperidine rings is 1. The number of nitrogens with zero attached hydrogens (tertiary/aromatic N) is 2. The van der Waals surface area contributed by atoms with Crippen molar-refractivity contribution in [2.24, 2.45) is 5.92 Å². The number of carbonyl (C=O) groups is 2. The van der Waals surface area contributed by atoms with E-state index in [1.165, 1.54) is 24.8 Å². The van der Waals surface area contributed by atoms with Crippen LogP contribution in [0.15, 0.2) is 41.3 Å². The average molecular weight is 315 g/mol. The Hall–Kier alpha value is -2.83. The Morgan fingerprint density at radius 1 is 1.39 bits per heavy atom. The number of hydrogen-bond donors (Lipinski definition) is 2. The van der Waals surface area contributed by atoms with Gasteiger partial charge in [0.05, 0.1) is 17.7 Å². The number of nitrogens with one attached hydrogen (secondary N) is 1. The van der Waals surface area contributed by atoms with Gasteiger partial charge in [0.25, 0.3) is 5.91 Å². The largest absolute Gasteiger partial charge is 0.504 e. The van der Waals surface area contributed by atoms with E-state index in [0.29, 0.717) is 25.1 Å². The molecule has 1 aliphatic heterocycles. The number of likely N-dealkylation sites (tertiary alicyclic amines) is 1. The fourth-order valence-electron chi connectivity index (χ4n) is 2.66. The van der Waals surface area contributed by atoms with Crippen molar-refractivity contribution in [2.45, 2.75) is 12.8 Å². The molecule has 2 amide bonds. The van der Waals surface area contributed by atoms with Gasteiger partial charge in [0.2, 0.25) is 5.91 Å². The summed E-state index contributed by atoms with van der Waals surface area (Å²) >= 11 is 0. The second-order valence-electron chi connectivity index (χ2n) is 5.46. The van der Waals surface area contributed by atoms with Gasteiger partial charge in [0.15, 0.2) is 11.6 Å². The molecule has 0 aromatic carbocycles. The highest BCUT2D eigenvalue weighted by atomic mass is 16.3. The number of pyridine rings is 1. The second kappa shape index (κ2) is 6.51.